The van der Waals surface area contributed by atoms with Crippen LogP contribution in [0.4, 0.5) is 4.39 Å². The van der Waals surface area contributed by atoms with Crippen LogP contribution in [0, 0.1) is 11.7 Å². The van der Waals surface area contributed by atoms with Crippen molar-refractivity contribution in [1.82, 2.24) is 10.6 Å². The standard InChI is InChI=1S/C15H22FN3O.HI/c1-11(20-14-7-5-13(16)6-8-14)9-18-15(17-2)19-10-12-3-4-12;/h5-8,11-12H,3-4,9-10H2,1-2H3,(H2,17,18,19);1H. The van der Waals surface area contributed by atoms with Gasteiger partial charge in [-0.25, -0.2) is 4.39 Å². The molecule has 0 saturated heterocycles. The van der Waals surface area contributed by atoms with Gasteiger partial charge in [0, 0.05) is 13.6 Å². The molecule has 2 rings (SSSR count). The van der Waals surface area contributed by atoms with E-state index in [1.807, 2.05) is 6.92 Å². The van der Waals surface area contributed by atoms with Crippen molar-refractivity contribution >= 4 is 29.9 Å². The molecule has 0 spiro atoms. The molecule has 0 aliphatic heterocycles. The maximum Gasteiger partial charge on any atom is 0.191 e. The van der Waals surface area contributed by atoms with Gasteiger partial charge in [-0.15, -0.1) is 24.0 Å². The number of hydrogen-bond donors (Lipinski definition) is 2. The van der Waals surface area contributed by atoms with E-state index in [-0.39, 0.29) is 35.9 Å². The predicted molar refractivity (Wildman–Crippen MR) is 94.0 cm³/mol. The van der Waals surface area contributed by atoms with Crippen molar-refractivity contribution in [2.24, 2.45) is 10.9 Å². The zero-order valence-corrected chi connectivity index (χ0v) is 14.8. The van der Waals surface area contributed by atoms with Crippen LogP contribution in [0.3, 0.4) is 0 Å². The second kappa shape index (κ2) is 9.07. The molecule has 1 aliphatic rings. The number of halogens is 2. The lowest BCUT2D eigenvalue weighted by Gasteiger charge is -2.17. The molecule has 1 aromatic rings. The van der Waals surface area contributed by atoms with Crippen LogP contribution in [-0.4, -0.2) is 32.2 Å². The lowest BCUT2D eigenvalue weighted by molar-refractivity contribution is 0.223. The first-order valence-corrected chi connectivity index (χ1v) is 7.04. The van der Waals surface area contributed by atoms with Gasteiger partial charge < -0.3 is 15.4 Å². The van der Waals surface area contributed by atoms with Crippen LogP contribution in [0.1, 0.15) is 19.8 Å². The summed E-state index contributed by atoms with van der Waals surface area (Å²) in [5, 5.41) is 6.52. The summed E-state index contributed by atoms with van der Waals surface area (Å²) in [5.74, 6) is 2.02. The summed E-state index contributed by atoms with van der Waals surface area (Å²) in [4.78, 5) is 4.17. The van der Waals surface area contributed by atoms with Crippen LogP contribution >= 0.6 is 24.0 Å². The normalized spacial score (nSPS) is 15.9. The van der Waals surface area contributed by atoms with E-state index in [1.54, 1.807) is 19.2 Å². The average Bonchev–Trinajstić information content (AvgIpc) is 3.26. The number of ether oxygens (including phenoxy) is 1. The highest BCUT2D eigenvalue weighted by molar-refractivity contribution is 14.0. The lowest BCUT2D eigenvalue weighted by Crippen LogP contribution is -2.42. The largest absolute Gasteiger partial charge is 0.489 e. The second-order valence-corrected chi connectivity index (χ2v) is 5.16. The molecule has 6 heteroatoms. The van der Waals surface area contributed by atoms with Crippen LogP contribution in [0.25, 0.3) is 0 Å². The van der Waals surface area contributed by atoms with Gasteiger partial charge in [-0.05, 0) is 49.9 Å². The summed E-state index contributed by atoms with van der Waals surface area (Å²) in [7, 11) is 1.76. The molecular weight excluding hydrogens is 384 g/mol. The Morgan fingerprint density at radius 3 is 2.57 bits per heavy atom. The number of benzene rings is 1. The van der Waals surface area contributed by atoms with Crippen LogP contribution in [-0.2, 0) is 0 Å². The minimum atomic E-state index is -0.257. The zero-order chi connectivity index (χ0) is 14.4. The van der Waals surface area contributed by atoms with E-state index in [1.165, 1.54) is 25.0 Å². The van der Waals surface area contributed by atoms with E-state index in [2.05, 4.69) is 15.6 Å². The maximum atomic E-state index is 12.8. The Morgan fingerprint density at radius 1 is 1.33 bits per heavy atom. The molecule has 1 saturated carbocycles. The molecular formula is C15H23FIN3O. The monoisotopic (exact) mass is 407 g/mol. The Morgan fingerprint density at radius 2 is 2.00 bits per heavy atom. The van der Waals surface area contributed by atoms with Gasteiger partial charge in [-0.1, -0.05) is 0 Å². The fraction of sp³-hybridized carbons (Fsp3) is 0.533. The number of nitrogens with one attached hydrogen (secondary N) is 2. The minimum Gasteiger partial charge on any atom is -0.489 e. The predicted octanol–water partition coefficient (Wildman–Crippen LogP) is 2.79. The lowest BCUT2D eigenvalue weighted by atomic mass is 10.3. The third-order valence-corrected chi connectivity index (χ3v) is 3.19. The van der Waals surface area contributed by atoms with E-state index in [0.29, 0.717) is 12.3 Å². The summed E-state index contributed by atoms with van der Waals surface area (Å²) in [6.45, 7) is 3.58. The van der Waals surface area contributed by atoms with Crippen LogP contribution in [0.2, 0.25) is 0 Å². The van der Waals surface area contributed by atoms with Crippen molar-refractivity contribution in [3.05, 3.63) is 30.1 Å². The van der Waals surface area contributed by atoms with Crippen molar-refractivity contribution in [1.29, 1.82) is 0 Å². The van der Waals surface area contributed by atoms with Gasteiger partial charge in [0.25, 0.3) is 0 Å². The summed E-state index contributed by atoms with van der Waals surface area (Å²) in [5.41, 5.74) is 0. The Bertz CT molecular complexity index is 449. The quantitative estimate of drug-likeness (QED) is 0.433. The number of nitrogens with zero attached hydrogens (tertiary/aromatic N) is 1. The van der Waals surface area contributed by atoms with Gasteiger partial charge in [0.05, 0.1) is 6.54 Å². The highest BCUT2D eigenvalue weighted by atomic mass is 127. The van der Waals surface area contributed by atoms with Crippen molar-refractivity contribution in [2.75, 3.05) is 20.1 Å². The maximum absolute atomic E-state index is 12.8. The molecule has 4 nitrogen and oxygen atoms in total. The number of hydrogen-bond acceptors (Lipinski definition) is 2. The molecule has 0 bridgehead atoms. The van der Waals surface area contributed by atoms with Crippen LogP contribution in [0.15, 0.2) is 29.3 Å². The van der Waals surface area contributed by atoms with Gasteiger partial charge in [-0.3, -0.25) is 4.99 Å². The van der Waals surface area contributed by atoms with Gasteiger partial charge >= 0.3 is 0 Å². The Balaban J connectivity index is 0.00000220. The fourth-order valence-electron chi connectivity index (χ4n) is 1.81. The van der Waals surface area contributed by atoms with Gasteiger partial charge in [0.1, 0.15) is 17.7 Å². The molecule has 1 fully saturated rings. The molecule has 0 aromatic heterocycles. The first kappa shape index (κ1) is 18.0. The molecule has 1 atom stereocenters. The Hall–Kier alpha value is -1.05. The van der Waals surface area contributed by atoms with E-state index >= 15 is 0 Å². The molecule has 0 heterocycles. The summed E-state index contributed by atoms with van der Waals surface area (Å²) in [6, 6.07) is 6.05. The Labute approximate surface area is 142 Å². The molecule has 0 amide bonds. The molecule has 118 valence electrons. The SMILES string of the molecule is CN=C(NCC1CC1)NCC(C)Oc1ccc(F)cc1.I. The average molecular weight is 407 g/mol. The van der Waals surface area contributed by atoms with Crippen molar-refractivity contribution in [3.63, 3.8) is 0 Å². The van der Waals surface area contributed by atoms with Gasteiger partial charge in [0.15, 0.2) is 5.96 Å². The third kappa shape index (κ3) is 6.97. The van der Waals surface area contributed by atoms with E-state index in [4.69, 9.17) is 4.74 Å². The third-order valence-electron chi connectivity index (χ3n) is 3.19. The van der Waals surface area contributed by atoms with E-state index < -0.39 is 0 Å². The van der Waals surface area contributed by atoms with Gasteiger partial charge in [0.2, 0.25) is 0 Å². The summed E-state index contributed by atoms with van der Waals surface area (Å²) >= 11 is 0. The first-order chi connectivity index (χ1) is 9.67. The van der Waals surface area contributed by atoms with Crippen molar-refractivity contribution in [2.45, 2.75) is 25.9 Å². The molecule has 1 unspecified atom stereocenters. The van der Waals surface area contributed by atoms with Gasteiger partial charge in [-0.2, -0.15) is 0 Å². The van der Waals surface area contributed by atoms with Crippen molar-refractivity contribution in [3.8, 4) is 5.75 Å². The van der Waals surface area contributed by atoms with Crippen LogP contribution < -0.4 is 15.4 Å². The highest BCUT2D eigenvalue weighted by Crippen LogP contribution is 2.27. The van der Waals surface area contributed by atoms with Crippen LogP contribution in [0.5, 0.6) is 5.75 Å². The number of rotatable bonds is 6. The number of aliphatic imine (C=N–C) groups is 1. The minimum absolute atomic E-state index is 0. The molecule has 0 radical (unpaired) electrons. The molecule has 1 aliphatic carbocycles. The summed E-state index contributed by atoms with van der Waals surface area (Å²) in [6.07, 6.45) is 2.60. The van der Waals surface area contributed by atoms with Crippen molar-refractivity contribution < 1.29 is 9.13 Å². The topological polar surface area (TPSA) is 45.7 Å². The second-order valence-electron chi connectivity index (χ2n) is 5.16. The zero-order valence-electron chi connectivity index (χ0n) is 12.4. The Kier molecular flexibility index (Phi) is 7.77. The van der Waals surface area contributed by atoms with E-state index in [0.717, 1.165) is 18.4 Å². The molecule has 2 N–H and O–H groups in total. The van der Waals surface area contributed by atoms with E-state index in [9.17, 15) is 4.39 Å². The molecule has 1 aromatic carbocycles. The smallest absolute Gasteiger partial charge is 0.191 e. The summed E-state index contributed by atoms with van der Waals surface area (Å²) < 4.78 is 18.5. The highest BCUT2D eigenvalue weighted by Gasteiger charge is 2.21. The first-order valence-electron chi connectivity index (χ1n) is 7.04. The number of guanidine groups is 1. The fourth-order valence-corrected chi connectivity index (χ4v) is 1.81. The molecule has 21 heavy (non-hydrogen) atoms.